The van der Waals surface area contributed by atoms with Crippen molar-refractivity contribution in [1.29, 1.82) is 0 Å². The van der Waals surface area contributed by atoms with E-state index in [4.69, 9.17) is 29.0 Å². The number of oxime groups is 6. The van der Waals surface area contributed by atoms with Crippen LogP contribution in [0.25, 0.3) is 0 Å². The molecule has 0 heterocycles. The standard InChI is InChI=1S/C42H48N6O14/c1-27(49)19-29-5-3-7-31(37(29)51)21-43-57-13-15-59-45-23-33-9-11-35(41(55)39(33)53)25-47-61-17-18-62-48-26-36-12-10-34(40(54)42(36)56)24-46-60-16-14-58-44-22-32-8-4-6-30(38(32)52)20-28(2)50/h3-12,21-28,49-56H,13-20H2,1-2H3/b43-21+,44-22+,45-23+,46-24+,47-25+,48-26+. The first-order chi connectivity index (χ1) is 30.0. The van der Waals surface area contributed by atoms with Gasteiger partial charge in [0.25, 0.3) is 0 Å². The Balaban J connectivity index is 1.10. The lowest BCUT2D eigenvalue weighted by Crippen LogP contribution is -2.05. The van der Waals surface area contributed by atoms with Gasteiger partial charge in [-0.3, -0.25) is 0 Å². The number of phenolic OH excluding ortho intramolecular Hbond substituents is 6. The van der Waals surface area contributed by atoms with E-state index in [9.17, 15) is 40.9 Å². The highest BCUT2D eigenvalue weighted by atomic mass is 16.7. The van der Waals surface area contributed by atoms with Gasteiger partial charge in [-0.25, -0.2) is 0 Å². The number of benzene rings is 4. The first kappa shape index (κ1) is 47.1. The van der Waals surface area contributed by atoms with Crippen molar-refractivity contribution < 1.29 is 69.9 Å². The molecule has 0 amide bonds. The van der Waals surface area contributed by atoms with Crippen LogP contribution in [-0.2, 0) is 41.9 Å². The van der Waals surface area contributed by atoms with Gasteiger partial charge in [-0.2, -0.15) is 0 Å². The van der Waals surface area contributed by atoms with Crippen molar-refractivity contribution in [2.75, 3.05) is 39.6 Å². The maximum Gasteiger partial charge on any atom is 0.167 e. The van der Waals surface area contributed by atoms with Crippen LogP contribution in [0.1, 0.15) is 58.4 Å². The van der Waals surface area contributed by atoms with Crippen molar-refractivity contribution in [3.8, 4) is 34.5 Å². The zero-order valence-electron chi connectivity index (χ0n) is 33.8. The van der Waals surface area contributed by atoms with Crippen molar-refractivity contribution >= 4 is 37.3 Å². The van der Waals surface area contributed by atoms with Crippen molar-refractivity contribution in [1.82, 2.24) is 0 Å². The summed E-state index contributed by atoms with van der Waals surface area (Å²) < 4.78 is 0. The fraction of sp³-hybridized carbons (Fsp3) is 0.286. The Morgan fingerprint density at radius 3 is 0.823 bits per heavy atom. The summed E-state index contributed by atoms with van der Waals surface area (Å²) >= 11 is 0. The molecule has 0 saturated heterocycles. The first-order valence-corrected chi connectivity index (χ1v) is 19.0. The van der Waals surface area contributed by atoms with Gasteiger partial charge in [0, 0.05) is 46.2 Å². The molecule has 0 aliphatic carbocycles. The third kappa shape index (κ3) is 15.2. The molecule has 2 atom stereocenters. The minimum atomic E-state index is -0.608. The van der Waals surface area contributed by atoms with E-state index in [0.717, 1.165) is 0 Å². The number of aliphatic hydroxyl groups excluding tert-OH is 2. The van der Waals surface area contributed by atoms with E-state index in [1.54, 1.807) is 50.2 Å². The van der Waals surface area contributed by atoms with E-state index in [2.05, 4.69) is 30.9 Å². The first-order valence-electron chi connectivity index (χ1n) is 19.0. The predicted molar refractivity (Wildman–Crippen MR) is 228 cm³/mol. The average molecular weight is 861 g/mol. The quantitative estimate of drug-likeness (QED) is 0.0203. The minimum Gasteiger partial charge on any atom is -0.507 e. The van der Waals surface area contributed by atoms with Gasteiger partial charge in [0.2, 0.25) is 0 Å². The molecule has 2 unspecified atom stereocenters. The highest BCUT2D eigenvalue weighted by Crippen LogP contribution is 2.32. The van der Waals surface area contributed by atoms with Crippen molar-refractivity contribution in [3.63, 3.8) is 0 Å². The van der Waals surface area contributed by atoms with Gasteiger partial charge in [-0.05, 0) is 61.4 Å². The number of rotatable bonds is 25. The highest BCUT2D eigenvalue weighted by molar-refractivity contribution is 5.92. The molecule has 0 radical (unpaired) electrons. The normalized spacial score (nSPS) is 12.9. The summed E-state index contributed by atoms with van der Waals surface area (Å²) in [6.45, 7) is 3.22. The maximum absolute atomic E-state index is 10.4. The molecule has 0 fully saturated rings. The monoisotopic (exact) mass is 860 g/mol. The number of phenols is 6. The molecule has 0 aliphatic heterocycles. The molecule has 4 aromatic rings. The van der Waals surface area contributed by atoms with Crippen LogP contribution in [0.15, 0.2) is 91.6 Å². The smallest absolute Gasteiger partial charge is 0.167 e. The lowest BCUT2D eigenvalue weighted by molar-refractivity contribution is 0.0552. The fourth-order valence-electron chi connectivity index (χ4n) is 5.14. The Kier molecular flexibility index (Phi) is 19.1. The van der Waals surface area contributed by atoms with E-state index >= 15 is 0 Å². The molecule has 0 bridgehead atoms. The van der Waals surface area contributed by atoms with Crippen molar-refractivity contribution in [2.45, 2.75) is 38.9 Å². The summed E-state index contributed by atoms with van der Waals surface area (Å²) in [5.74, 6) is -1.88. The Bertz CT molecular complexity index is 2070. The molecule has 20 nitrogen and oxygen atoms in total. The Morgan fingerprint density at radius 1 is 0.371 bits per heavy atom. The summed E-state index contributed by atoms with van der Waals surface area (Å²) in [5, 5.41) is 104. The number of hydrogen-bond acceptors (Lipinski definition) is 20. The number of aromatic hydroxyl groups is 6. The molecule has 0 spiro atoms. The molecule has 8 N–H and O–H groups in total. The molecular weight excluding hydrogens is 812 g/mol. The summed E-state index contributed by atoms with van der Waals surface area (Å²) in [4.78, 5) is 30.6. The van der Waals surface area contributed by atoms with Gasteiger partial charge in [-0.15, -0.1) is 0 Å². The van der Waals surface area contributed by atoms with Gasteiger partial charge in [0.15, 0.2) is 62.6 Å². The van der Waals surface area contributed by atoms with Crippen LogP contribution >= 0.6 is 0 Å². The maximum atomic E-state index is 10.4. The summed E-state index contributed by atoms with van der Waals surface area (Å²) in [6.07, 6.45) is 6.77. The zero-order valence-corrected chi connectivity index (χ0v) is 33.8. The van der Waals surface area contributed by atoms with Gasteiger partial charge in [-0.1, -0.05) is 55.2 Å². The van der Waals surface area contributed by atoms with E-state index in [1.807, 2.05) is 0 Å². The van der Waals surface area contributed by atoms with E-state index in [0.29, 0.717) is 35.1 Å². The fourth-order valence-corrected chi connectivity index (χ4v) is 5.14. The number of aliphatic hydroxyl groups is 2. The van der Waals surface area contributed by atoms with Crippen LogP contribution in [0.4, 0.5) is 0 Å². The van der Waals surface area contributed by atoms with Gasteiger partial charge >= 0.3 is 0 Å². The third-order valence-corrected chi connectivity index (χ3v) is 8.16. The van der Waals surface area contributed by atoms with Crippen LogP contribution in [0.3, 0.4) is 0 Å². The van der Waals surface area contributed by atoms with Crippen LogP contribution in [-0.4, -0.2) is 130 Å². The van der Waals surface area contributed by atoms with Crippen LogP contribution in [0, 0.1) is 0 Å². The average Bonchev–Trinajstić information content (AvgIpc) is 3.24. The SMILES string of the molecule is CC(O)Cc1cccc(/C=N/OCCO/N=C/c2ccc(/C=N/OCCO/N=C/c3ccc(/C=N/OCCO/N=C/c4cccc(CC(C)O)c4O)c(O)c3O)c(O)c2O)c1O. The molecule has 4 rings (SSSR count). The van der Waals surface area contributed by atoms with E-state index in [1.165, 1.54) is 61.6 Å². The molecule has 330 valence electrons. The van der Waals surface area contributed by atoms with Crippen molar-refractivity contribution in [2.24, 2.45) is 30.9 Å². The predicted octanol–water partition coefficient (Wildman–Crippen LogP) is 3.97. The van der Waals surface area contributed by atoms with Crippen LogP contribution in [0.5, 0.6) is 34.5 Å². The summed E-state index contributed by atoms with van der Waals surface area (Å²) in [5.41, 5.74) is 2.63. The second-order valence-corrected chi connectivity index (χ2v) is 13.1. The second kappa shape index (κ2) is 25.1. The number of nitrogens with zero attached hydrogens (tertiary/aromatic N) is 6. The Labute approximate surface area is 355 Å². The number of para-hydroxylation sites is 2. The van der Waals surface area contributed by atoms with E-state index < -0.39 is 35.2 Å². The van der Waals surface area contributed by atoms with E-state index in [-0.39, 0.29) is 73.4 Å². The third-order valence-electron chi connectivity index (χ3n) is 8.16. The molecule has 0 aromatic heterocycles. The molecule has 4 aromatic carbocycles. The highest BCUT2D eigenvalue weighted by Gasteiger charge is 2.12. The number of hydrogen-bond donors (Lipinski definition) is 8. The van der Waals surface area contributed by atoms with Crippen molar-refractivity contribution in [3.05, 3.63) is 105 Å². The summed E-state index contributed by atoms with van der Waals surface area (Å²) in [7, 11) is 0. The summed E-state index contributed by atoms with van der Waals surface area (Å²) in [6, 6.07) is 16.0. The van der Waals surface area contributed by atoms with Gasteiger partial charge in [0.1, 0.15) is 11.5 Å². The van der Waals surface area contributed by atoms with Crippen LogP contribution < -0.4 is 0 Å². The van der Waals surface area contributed by atoms with Gasteiger partial charge in [0.05, 0.1) is 49.5 Å². The molecule has 20 heteroatoms. The van der Waals surface area contributed by atoms with Gasteiger partial charge < -0.3 is 69.9 Å². The van der Waals surface area contributed by atoms with Crippen LogP contribution in [0.2, 0.25) is 0 Å². The lowest BCUT2D eigenvalue weighted by Gasteiger charge is -2.08. The molecular formula is C42H48N6O14. The zero-order chi connectivity index (χ0) is 44.7. The Hall–Kier alpha value is -7.58. The molecule has 0 aliphatic rings. The molecule has 0 saturated carbocycles. The topological polar surface area (TPSA) is 291 Å². The minimum absolute atomic E-state index is 0.00639. The largest absolute Gasteiger partial charge is 0.507 e. The Morgan fingerprint density at radius 2 is 0.597 bits per heavy atom. The lowest BCUT2D eigenvalue weighted by atomic mass is 10.0. The second-order valence-electron chi connectivity index (χ2n) is 13.1. The molecule has 62 heavy (non-hydrogen) atoms.